The maximum Gasteiger partial charge on any atom is 0.407 e. The number of carbonyl (C=O) groups excluding carboxylic acids is 1. The van der Waals surface area contributed by atoms with Gasteiger partial charge in [-0.2, -0.15) is 0 Å². The van der Waals surface area contributed by atoms with Gasteiger partial charge in [0.25, 0.3) is 0 Å². The number of rotatable bonds is 10. The van der Waals surface area contributed by atoms with Crippen molar-refractivity contribution >= 4 is 29.1 Å². The lowest BCUT2D eigenvalue weighted by molar-refractivity contribution is -0.139. The summed E-state index contributed by atoms with van der Waals surface area (Å²) in [6, 6.07) is 17.7. The van der Waals surface area contributed by atoms with Crippen LogP contribution in [0.1, 0.15) is 23.5 Å². The predicted octanol–water partition coefficient (Wildman–Crippen LogP) is 3.87. The molecule has 37 heavy (non-hydrogen) atoms. The molecular formula is C25H24N4O8-2. The SMILES string of the molecule is O=C(NC(CCNc1ccc(N([O-])[O-])cc1N(O)O)C(=O)O)OCC1c2ccccc2-c2ccccc21. The van der Waals surface area contributed by atoms with Gasteiger partial charge in [-0.05, 0) is 46.9 Å². The van der Waals surface area contributed by atoms with Crippen molar-refractivity contribution in [2.75, 3.05) is 28.9 Å². The molecule has 3 aromatic rings. The molecule has 0 radical (unpaired) electrons. The lowest BCUT2D eigenvalue weighted by Crippen LogP contribution is -2.42. The zero-order valence-corrected chi connectivity index (χ0v) is 19.4. The van der Waals surface area contributed by atoms with Crippen molar-refractivity contribution < 1.29 is 29.8 Å². The monoisotopic (exact) mass is 508 g/mol. The van der Waals surface area contributed by atoms with Crippen LogP contribution in [0.3, 0.4) is 0 Å². The number of nitrogens with one attached hydrogen (secondary N) is 2. The number of amides is 1. The van der Waals surface area contributed by atoms with E-state index in [9.17, 15) is 35.5 Å². The van der Waals surface area contributed by atoms with Crippen LogP contribution in [0.2, 0.25) is 0 Å². The van der Waals surface area contributed by atoms with Gasteiger partial charge >= 0.3 is 12.1 Å². The summed E-state index contributed by atoms with van der Waals surface area (Å²) in [5.74, 6) is -1.46. The molecule has 1 aliphatic carbocycles. The Bertz CT molecular complexity index is 1240. The quantitative estimate of drug-likeness (QED) is 0.251. The van der Waals surface area contributed by atoms with Crippen LogP contribution in [0.25, 0.3) is 11.1 Å². The van der Waals surface area contributed by atoms with Crippen molar-refractivity contribution in [3.63, 3.8) is 0 Å². The summed E-state index contributed by atoms with van der Waals surface area (Å²) < 4.78 is 5.40. The van der Waals surface area contributed by atoms with Crippen molar-refractivity contribution in [2.24, 2.45) is 0 Å². The second-order valence-electron chi connectivity index (χ2n) is 8.32. The molecule has 5 N–H and O–H groups in total. The Morgan fingerprint density at radius 3 is 2.16 bits per heavy atom. The molecule has 0 saturated carbocycles. The highest BCUT2D eigenvalue weighted by Gasteiger charge is 2.29. The first-order valence-electron chi connectivity index (χ1n) is 11.3. The van der Waals surface area contributed by atoms with E-state index in [1.165, 1.54) is 6.07 Å². The van der Waals surface area contributed by atoms with Gasteiger partial charge in [-0.15, -0.1) is 5.23 Å². The lowest BCUT2D eigenvalue weighted by atomic mass is 9.98. The Hall–Kier alpha value is -4.36. The maximum atomic E-state index is 12.5. The molecule has 0 heterocycles. The number of hydrogen-bond donors (Lipinski definition) is 5. The van der Waals surface area contributed by atoms with Gasteiger partial charge in [0.2, 0.25) is 0 Å². The molecule has 1 unspecified atom stereocenters. The molecular weight excluding hydrogens is 484 g/mol. The van der Waals surface area contributed by atoms with E-state index in [1.54, 1.807) is 0 Å². The van der Waals surface area contributed by atoms with Gasteiger partial charge in [0.15, 0.2) is 0 Å². The van der Waals surface area contributed by atoms with E-state index in [2.05, 4.69) is 10.6 Å². The number of alkyl carbamates (subject to hydrolysis) is 1. The number of aliphatic carboxylic acids is 1. The van der Waals surface area contributed by atoms with Crippen LogP contribution in [0.5, 0.6) is 0 Å². The van der Waals surface area contributed by atoms with Crippen LogP contribution in [-0.2, 0) is 9.53 Å². The Morgan fingerprint density at radius 2 is 1.59 bits per heavy atom. The number of fused-ring (bicyclic) bond motifs is 3. The van der Waals surface area contributed by atoms with E-state index in [-0.39, 0.29) is 47.8 Å². The van der Waals surface area contributed by atoms with Gasteiger partial charge in [-0.25, -0.2) is 9.59 Å². The van der Waals surface area contributed by atoms with Crippen molar-refractivity contribution in [2.45, 2.75) is 18.4 Å². The first kappa shape index (κ1) is 25.7. The summed E-state index contributed by atoms with van der Waals surface area (Å²) in [7, 11) is 0. The standard InChI is InChI=1S/C25H24N4O8/c30-24(31)22(11-12-26-21-10-9-15(28(33)34)13-23(21)29(35)36)27-25(32)37-14-20-18-7-3-1-5-16(18)17-6-2-4-8-19(17)20/h1-10,13,20,22,26,35-36H,11-12,14H2,(H,27,32)(H,30,31)/q-2. The van der Waals surface area contributed by atoms with Crippen molar-refractivity contribution in [1.82, 2.24) is 5.32 Å². The van der Waals surface area contributed by atoms with Gasteiger partial charge in [0, 0.05) is 18.2 Å². The molecule has 1 aliphatic rings. The van der Waals surface area contributed by atoms with E-state index in [0.717, 1.165) is 34.4 Å². The fourth-order valence-electron chi connectivity index (χ4n) is 4.34. The van der Waals surface area contributed by atoms with E-state index in [0.29, 0.717) is 0 Å². The molecule has 0 fully saturated rings. The third-order valence-electron chi connectivity index (χ3n) is 6.09. The number of carbonyl (C=O) groups is 2. The van der Waals surface area contributed by atoms with Crippen LogP contribution in [0.4, 0.5) is 21.9 Å². The minimum absolute atomic E-state index is 0.0146. The molecule has 0 spiro atoms. The zero-order chi connectivity index (χ0) is 26.5. The average molecular weight is 508 g/mol. The first-order chi connectivity index (χ1) is 17.8. The molecule has 0 saturated heterocycles. The Kier molecular flexibility index (Phi) is 7.74. The van der Waals surface area contributed by atoms with Crippen molar-refractivity contribution in [1.29, 1.82) is 0 Å². The normalized spacial score (nSPS) is 12.8. The van der Waals surface area contributed by atoms with Gasteiger partial charge in [-0.1, -0.05) is 48.5 Å². The third kappa shape index (κ3) is 5.73. The van der Waals surface area contributed by atoms with Crippen LogP contribution in [0.15, 0.2) is 66.7 Å². The second kappa shape index (κ2) is 11.1. The van der Waals surface area contributed by atoms with Crippen molar-refractivity contribution in [3.05, 3.63) is 88.3 Å². The predicted molar refractivity (Wildman–Crippen MR) is 134 cm³/mol. The zero-order valence-electron chi connectivity index (χ0n) is 19.4. The Morgan fingerprint density at radius 1 is 0.973 bits per heavy atom. The van der Waals surface area contributed by atoms with E-state index >= 15 is 0 Å². The smallest absolute Gasteiger partial charge is 0.407 e. The minimum atomic E-state index is -1.30. The Labute approximate surface area is 211 Å². The number of benzene rings is 3. The number of carboxylic acids is 1. The minimum Gasteiger partial charge on any atom is -0.769 e. The first-order valence-corrected chi connectivity index (χ1v) is 11.3. The molecule has 3 aromatic carbocycles. The summed E-state index contributed by atoms with van der Waals surface area (Å²) in [5, 5.41) is 54.2. The number of hydrogen-bond acceptors (Lipinski definition) is 10. The molecule has 12 heteroatoms. The average Bonchev–Trinajstić information content (AvgIpc) is 3.20. The van der Waals surface area contributed by atoms with Crippen LogP contribution >= 0.6 is 0 Å². The highest BCUT2D eigenvalue weighted by atomic mass is 16.8. The molecule has 194 valence electrons. The summed E-state index contributed by atoms with van der Waals surface area (Å²) in [4.78, 5) is 24.2. The number of nitrogens with zero attached hydrogens (tertiary/aromatic N) is 2. The molecule has 0 aromatic heterocycles. The topological polar surface area (TPSA) is 181 Å². The highest BCUT2D eigenvalue weighted by Crippen LogP contribution is 2.44. The highest BCUT2D eigenvalue weighted by molar-refractivity contribution is 5.81. The third-order valence-corrected chi connectivity index (χ3v) is 6.09. The fraction of sp³-hybridized carbons (Fsp3) is 0.200. The summed E-state index contributed by atoms with van der Waals surface area (Å²) in [6.07, 6.45) is -0.977. The Balaban J connectivity index is 1.35. The molecule has 1 atom stereocenters. The van der Waals surface area contributed by atoms with E-state index < -0.39 is 23.3 Å². The van der Waals surface area contributed by atoms with Crippen LogP contribution < -0.4 is 21.1 Å². The molecule has 4 rings (SSSR count). The molecule has 12 nitrogen and oxygen atoms in total. The van der Waals surface area contributed by atoms with Crippen molar-refractivity contribution in [3.8, 4) is 11.1 Å². The fourth-order valence-corrected chi connectivity index (χ4v) is 4.34. The van der Waals surface area contributed by atoms with E-state index in [1.807, 2.05) is 48.5 Å². The van der Waals surface area contributed by atoms with E-state index in [4.69, 9.17) is 4.74 Å². The number of anilines is 3. The summed E-state index contributed by atoms with van der Waals surface area (Å²) in [6.45, 7) is 0.0126. The molecule has 1 amide bonds. The van der Waals surface area contributed by atoms with Gasteiger partial charge in [0.1, 0.15) is 18.3 Å². The van der Waals surface area contributed by atoms with Gasteiger partial charge in [-0.3, -0.25) is 10.4 Å². The van der Waals surface area contributed by atoms with Gasteiger partial charge < -0.3 is 36.1 Å². The lowest BCUT2D eigenvalue weighted by Gasteiger charge is -2.38. The number of ether oxygens (including phenoxy) is 1. The number of carboxylic acid groups (broad SMARTS) is 1. The van der Waals surface area contributed by atoms with Gasteiger partial charge in [0.05, 0.1) is 5.69 Å². The maximum absolute atomic E-state index is 12.5. The molecule has 0 aliphatic heterocycles. The summed E-state index contributed by atoms with van der Waals surface area (Å²) >= 11 is 0. The molecule has 0 bridgehead atoms. The summed E-state index contributed by atoms with van der Waals surface area (Å²) in [5.41, 5.74) is 3.63. The van der Waals surface area contributed by atoms with Crippen LogP contribution in [0, 0.1) is 10.4 Å². The largest absolute Gasteiger partial charge is 0.769 e. The van der Waals surface area contributed by atoms with Crippen LogP contribution in [-0.4, -0.2) is 46.8 Å². The second-order valence-corrected chi connectivity index (χ2v) is 8.32.